The highest BCUT2D eigenvalue weighted by atomic mass is 19.1. The van der Waals surface area contributed by atoms with Gasteiger partial charge in [-0.2, -0.15) is 5.10 Å². The van der Waals surface area contributed by atoms with Gasteiger partial charge in [0, 0.05) is 24.6 Å². The van der Waals surface area contributed by atoms with Crippen LogP contribution in [-0.4, -0.2) is 46.7 Å². The Labute approximate surface area is 170 Å². The zero-order valence-corrected chi connectivity index (χ0v) is 16.7. The second-order valence-electron chi connectivity index (χ2n) is 8.19. The van der Waals surface area contributed by atoms with E-state index >= 15 is 0 Å². The second kappa shape index (κ2) is 9.39. The Hall–Kier alpha value is -2.41. The van der Waals surface area contributed by atoms with E-state index < -0.39 is 0 Å². The predicted molar refractivity (Wildman–Crippen MR) is 108 cm³/mol. The Balaban J connectivity index is 1.23. The van der Waals surface area contributed by atoms with E-state index in [9.17, 15) is 9.18 Å². The van der Waals surface area contributed by atoms with Crippen molar-refractivity contribution in [3.05, 3.63) is 47.5 Å². The smallest absolute Gasteiger partial charge is 0.234 e. The lowest BCUT2D eigenvalue weighted by atomic mass is 9.95. The quantitative estimate of drug-likeness (QED) is 0.748. The number of nitrogens with one attached hydrogen (secondary N) is 2. The average Bonchev–Trinajstić information content (AvgIpc) is 3.36. The van der Waals surface area contributed by atoms with Crippen LogP contribution in [0.1, 0.15) is 55.8 Å². The van der Waals surface area contributed by atoms with Crippen LogP contribution in [0.5, 0.6) is 5.75 Å². The number of amides is 1. The number of carbonyl (C=O) groups excluding carboxylic acids is 1. The molecule has 2 N–H and O–H groups in total. The maximum absolute atomic E-state index is 13.2. The van der Waals surface area contributed by atoms with Gasteiger partial charge in [-0.05, 0) is 44.0 Å². The van der Waals surface area contributed by atoms with Gasteiger partial charge in [0.2, 0.25) is 5.91 Å². The Morgan fingerprint density at radius 3 is 2.93 bits per heavy atom. The molecule has 2 fully saturated rings. The first-order chi connectivity index (χ1) is 14.2. The summed E-state index contributed by atoms with van der Waals surface area (Å²) in [6.07, 6.45) is 6.96. The van der Waals surface area contributed by atoms with Crippen LogP contribution in [0.2, 0.25) is 0 Å². The number of hydrogen-bond acceptors (Lipinski definition) is 4. The third-order valence-electron chi connectivity index (χ3n) is 5.87. The number of H-pyrrole nitrogens is 1. The molecule has 2 heterocycles. The van der Waals surface area contributed by atoms with Crippen molar-refractivity contribution in [1.82, 2.24) is 20.4 Å². The van der Waals surface area contributed by atoms with E-state index in [-0.39, 0.29) is 11.7 Å². The Morgan fingerprint density at radius 2 is 2.10 bits per heavy atom. The highest BCUT2D eigenvalue weighted by molar-refractivity contribution is 5.78. The molecule has 7 heteroatoms. The number of aromatic amines is 1. The number of carbonyl (C=O) groups is 1. The van der Waals surface area contributed by atoms with Crippen LogP contribution in [0.25, 0.3) is 0 Å². The zero-order valence-electron chi connectivity index (χ0n) is 16.7. The first-order valence-electron chi connectivity index (χ1n) is 10.6. The number of hydrogen-bond donors (Lipinski definition) is 2. The average molecular weight is 400 g/mol. The minimum atomic E-state index is -0.314. The van der Waals surface area contributed by atoms with Crippen molar-refractivity contribution >= 4 is 5.91 Å². The number of benzene rings is 1. The van der Waals surface area contributed by atoms with Gasteiger partial charge in [0.25, 0.3) is 0 Å². The molecule has 156 valence electrons. The summed E-state index contributed by atoms with van der Waals surface area (Å²) in [6.45, 7) is 2.53. The number of halogens is 1. The molecule has 1 aromatic carbocycles. The fourth-order valence-electron chi connectivity index (χ4n) is 4.32. The van der Waals surface area contributed by atoms with Gasteiger partial charge in [-0.25, -0.2) is 4.39 Å². The van der Waals surface area contributed by atoms with E-state index in [1.54, 1.807) is 12.1 Å². The summed E-state index contributed by atoms with van der Waals surface area (Å²) in [4.78, 5) is 14.5. The van der Waals surface area contributed by atoms with Gasteiger partial charge in [0.05, 0.1) is 17.9 Å². The van der Waals surface area contributed by atoms with Crippen molar-refractivity contribution in [2.45, 2.75) is 57.1 Å². The van der Waals surface area contributed by atoms with Crippen molar-refractivity contribution in [3.63, 3.8) is 0 Å². The van der Waals surface area contributed by atoms with Crippen LogP contribution < -0.4 is 10.1 Å². The zero-order chi connectivity index (χ0) is 20.1. The summed E-state index contributed by atoms with van der Waals surface area (Å²) in [5.41, 5.74) is 1.86. The van der Waals surface area contributed by atoms with Crippen LogP contribution in [0.15, 0.2) is 30.3 Å². The molecule has 1 amide bonds. The van der Waals surface area contributed by atoms with Gasteiger partial charge in [0.15, 0.2) is 0 Å². The molecule has 1 atom stereocenters. The van der Waals surface area contributed by atoms with Crippen molar-refractivity contribution in [3.8, 4) is 5.75 Å². The van der Waals surface area contributed by atoms with E-state index in [4.69, 9.17) is 4.74 Å². The van der Waals surface area contributed by atoms with Gasteiger partial charge in [-0.3, -0.25) is 14.8 Å². The third kappa shape index (κ3) is 5.56. The van der Waals surface area contributed by atoms with E-state index in [1.165, 1.54) is 31.4 Å². The molecular weight excluding hydrogens is 371 g/mol. The Kier molecular flexibility index (Phi) is 6.44. The summed E-state index contributed by atoms with van der Waals surface area (Å²) >= 11 is 0. The van der Waals surface area contributed by atoms with E-state index in [2.05, 4.69) is 20.4 Å². The van der Waals surface area contributed by atoms with Crippen molar-refractivity contribution < 1.29 is 13.9 Å². The third-order valence-corrected chi connectivity index (χ3v) is 5.87. The SMILES string of the molecule is O=C(CN1CC[C@@H](c2cc(COc3cccc(F)c3)[nH]n2)C1)NC1CCCCC1. The molecule has 2 aromatic rings. The number of rotatable bonds is 7. The molecule has 0 unspecified atom stereocenters. The lowest BCUT2D eigenvalue weighted by Gasteiger charge is -2.24. The summed E-state index contributed by atoms with van der Waals surface area (Å²) in [6, 6.07) is 8.48. The van der Waals surface area contributed by atoms with Crippen LogP contribution in [0.4, 0.5) is 4.39 Å². The lowest BCUT2D eigenvalue weighted by molar-refractivity contribution is -0.122. The van der Waals surface area contributed by atoms with E-state index in [0.717, 1.165) is 43.7 Å². The molecule has 0 radical (unpaired) electrons. The van der Waals surface area contributed by atoms with Crippen LogP contribution in [-0.2, 0) is 11.4 Å². The number of nitrogens with zero attached hydrogens (tertiary/aromatic N) is 2. The summed E-state index contributed by atoms with van der Waals surface area (Å²) < 4.78 is 18.8. The normalized spacial score (nSPS) is 20.7. The molecule has 0 spiro atoms. The molecule has 1 aliphatic carbocycles. The van der Waals surface area contributed by atoms with Gasteiger partial charge in [-0.1, -0.05) is 25.3 Å². The monoisotopic (exact) mass is 400 g/mol. The molecule has 1 saturated heterocycles. The minimum Gasteiger partial charge on any atom is -0.487 e. The molecule has 4 rings (SSSR count). The summed E-state index contributed by atoms with van der Waals surface area (Å²) in [7, 11) is 0. The minimum absolute atomic E-state index is 0.142. The molecule has 6 nitrogen and oxygen atoms in total. The van der Waals surface area contributed by atoms with Crippen molar-refractivity contribution in [1.29, 1.82) is 0 Å². The fraction of sp³-hybridized carbons (Fsp3) is 0.545. The molecule has 0 bridgehead atoms. The summed E-state index contributed by atoms with van der Waals surface area (Å²) in [5, 5.41) is 10.6. The molecule has 29 heavy (non-hydrogen) atoms. The van der Waals surface area contributed by atoms with Crippen LogP contribution in [0.3, 0.4) is 0 Å². The van der Waals surface area contributed by atoms with Gasteiger partial charge in [0.1, 0.15) is 18.2 Å². The molecule has 1 aromatic heterocycles. The van der Waals surface area contributed by atoms with E-state index in [1.807, 2.05) is 6.07 Å². The molecule has 1 saturated carbocycles. The number of ether oxygens (including phenoxy) is 1. The topological polar surface area (TPSA) is 70.2 Å². The number of aromatic nitrogens is 2. The van der Waals surface area contributed by atoms with Gasteiger partial charge < -0.3 is 10.1 Å². The summed E-state index contributed by atoms with van der Waals surface area (Å²) in [5.74, 6) is 0.643. The van der Waals surface area contributed by atoms with Gasteiger partial charge in [-0.15, -0.1) is 0 Å². The highest BCUT2D eigenvalue weighted by Crippen LogP contribution is 2.26. The van der Waals surface area contributed by atoms with Gasteiger partial charge >= 0.3 is 0 Å². The van der Waals surface area contributed by atoms with Crippen molar-refractivity contribution in [2.24, 2.45) is 0 Å². The molecule has 2 aliphatic rings. The predicted octanol–water partition coefficient (Wildman–Crippen LogP) is 3.37. The highest BCUT2D eigenvalue weighted by Gasteiger charge is 2.27. The largest absolute Gasteiger partial charge is 0.487 e. The van der Waals surface area contributed by atoms with Crippen molar-refractivity contribution in [2.75, 3.05) is 19.6 Å². The van der Waals surface area contributed by atoms with E-state index in [0.29, 0.717) is 30.9 Å². The Morgan fingerprint density at radius 1 is 1.24 bits per heavy atom. The standard InChI is InChI=1S/C22H29FN4O2/c23-17-5-4-8-20(11-17)29-15-19-12-21(26-25-19)16-9-10-27(13-16)14-22(28)24-18-6-2-1-3-7-18/h4-5,8,11-12,16,18H,1-3,6-7,9-10,13-15H2,(H,24,28)(H,25,26)/t16-/m1/s1. The Bertz CT molecular complexity index is 819. The first kappa shape index (κ1) is 19.9. The number of likely N-dealkylation sites (tertiary alicyclic amines) is 1. The lowest BCUT2D eigenvalue weighted by Crippen LogP contribution is -2.42. The maximum atomic E-state index is 13.2. The van der Waals surface area contributed by atoms with Crippen LogP contribution >= 0.6 is 0 Å². The van der Waals surface area contributed by atoms with Crippen LogP contribution in [0, 0.1) is 5.82 Å². The maximum Gasteiger partial charge on any atom is 0.234 e. The second-order valence-corrected chi connectivity index (χ2v) is 8.19. The molecule has 1 aliphatic heterocycles. The fourth-order valence-corrected chi connectivity index (χ4v) is 4.32. The first-order valence-corrected chi connectivity index (χ1v) is 10.6. The molecular formula is C22H29FN4O2.